The molecule has 0 aliphatic carbocycles. The van der Waals surface area contributed by atoms with Crippen LogP contribution in [0.2, 0.25) is 0 Å². The van der Waals surface area contributed by atoms with Gasteiger partial charge in [-0.1, -0.05) is 17.3 Å². The minimum atomic E-state index is -4.63. The van der Waals surface area contributed by atoms with Crippen molar-refractivity contribution in [3.63, 3.8) is 0 Å². The van der Waals surface area contributed by atoms with Crippen LogP contribution in [0.5, 0.6) is 5.88 Å². The van der Waals surface area contributed by atoms with Gasteiger partial charge in [0.25, 0.3) is 0 Å². The molecule has 2 aromatic rings. The number of aromatic nitrogens is 2. The van der Waals surface area contributed by atoms with E-state index in [0.717, 1.165) is 5.56 Å². The molecule has 2 aliphatic heterocycles. The number of hydrogen-bond donors (Lipinski definition) is 3. The molecule has 2 aromatic heterocycles. The van der Waals surface area contributed by atoms with Gasteiger partial charge in [-0.3, -0.25) is 9.32 Å². The molecule has 4 rings (SSSR count). The van der Waals surface area contributed by atoms with Crippen LogP contribution in [0.25, 0.3) is 5.57 Å². The Morgan fingerprint density at radius 1 is 1.32 bits per heavy atom. The van der Waals surface area contributed by atoms with Crippen LogP contribution in [0.3, 0.4) is 0 Å². The normalized spacial score (nSPS) is 20.6. The van der Waals surface area contributed by atoms with Gasteiger partial charge >= 0.3 is 7.82 Å². The van der Waals surface area contributed by atoms with E-state index in [4.69, 9.17) is 29.5 Å². The van der Waals surface area contributed by atoms with Gasteiger partial charge in [-0.15, -0.1) is 0 Å². The zero-order chi connectivity index (χ0) is 24.5. The van der Waals surface area contributed by atoms with Crippen molar-refractivity contribution in [1.29, 1.82) is 0 Å². The predicted molar refractivity (Wildman–Crippen MR) is 117 cm³/mol. The second kappa shape index (κ2) is 9.53. The lowest BCUT2D eigenvalue weighted by Crippen LogP contribution is -2.41. The molecule has 0 radical (unpaired) electrons. The molecule has 34 heavy (non-hydrogen) atoms. The third-order valence-corrected chi connectivity index (χ3v) is 5.56. The quantitative estimate of drug-likeness (QED) is 0.459. The number of nitrogens with zero attached hydrogens (tertiary/aromatic N) is 3. The Bertz CT molecular complexity index is 1210. The maximum absolute atomic E-state index is 12.1. The van der Waals surface area contributed by atoms with Crippen LogP contribution in [-0.2, 0) is 25.0 Å². The number of allylic oxidation sites excluding steroid dienone is 3. The van der Waals surface area contributed by atoms with Crippen molar-refractivity contribution in [2.75, 3.05) is 6.73 Å². The lowest BCUT2D eigenvalue weighted by molar-refractivity contribution is -0.122. The summed E-state index contributed by atoms with van der Waals surface area (Å²) in [4.78, 5) is 35.5. The van der Waals surface area contributed by atoms with Crippen molar-refractivity contribution in [3.8, 4) is 5.88 Å². The fraction of sp³-hybridized carbons (Fsp3) is 0.286. The summed E-state index contributed by atoms with van der Waals surface area (Å²) in [6.45, 7) is 2.93. The molecule has 180 valence electrons. The van der Waals surface area contributed by atoms with E-state index in [-0.39, 0.29) is 17.4 Å². The number of pyridine rings is 1. The second-order valence-corrected chi connectivity index (χ2v) is 8.89. The van der Waals surface area contributed by atoms with Crippen molar-refractivity contribution >= 4 is 19.2 Å². The predicted octanol–water partition coefficient (Wildman–Crippen LogP) is 1.82. The molecule has 4 heterocycles. The number of carbonyl (C=O) groups is 1. The van der Waals surface area contributed by atoms with Crippen LogP contribution >= 0.6 is 7.82 Å². The molecule has 2 unspecified atom stereocenters. The minimum Gasteiger partial charge on any atom is -0.483 e. The van der Waals surface area contributed by atoms with E-state index < -0.39 is 26.8 Å². The highest BCUT2D eigenvalue weighted by molar-refractivity contribution is 7.46. The molecular formula is C21H23N4O8P. The van der Waals surface area contributed by atoms with E-state index in [1.54, 1.807) is 56.6 Å². The van der Waals surface area contributed by atoms with Gasteiger partial charge in [-0.2, -0.15) is 0 Å². The zero-order valence-electron chi connectivity index (χ0n) is 18.3. The number of phosphoric acid groups is 1. The number of ether oxygens (including phenoxy) is 2. The molecule has 4 N–H and O–H groups in total. The fourth-order valence-corrected chi connectivity index (χ4v) is 3.68. The van der Waals surface area contributed by atoms with Crippen LogP contribution in [0, 0.1) is 0 Å². The first-order valence-electron chi connectivity index (χ1n) is 10.2. The van der Waals surface area contributed by atoms with Crippen LogP contribution in [0.15, 0.2) is 58.8 Å². The summed E-state index contributed by atoms with van der Waals surface area (Å²) in [5.74, 6) is 1.04. The topological polar surface area (TPSA) is 170 Å². The van der Waals surface area contributed by atoms with Crippen molar-refractivity contribution < 1.29 is 37.7 Å². The van der Waals surface area contributed by atoms with Crippen molar-refractivity contribution in [2.45, 2.75) is 32.5 Å². The highest BCUT2D eigenvalue weighted by Crippen LogP contribution is 2.36. The molecule has 0 bridgehead atoms. The number of Topliss-reactive ketones (excluding diaryl/α,β-unsaturated/α-hetero) is 1. The third-order valence-electron chi connectivity index (χ3n) is 5.10. The monoisotopic (exact) mass is 490 g/mol. The summed E-state index contributed by atoms with van der Waals surface area (Å²) < 4.78 is 31.9. The Balaban J connectivity index is 1.39. The first-order valence-corrected chi connectivity index (χ1v) is 11.7. The van der Waals surface area contributed by atoms with E-state index in [1.165, 1.54) is 4.90 Å². The number of carbonyl (C=O) groups excluding carboxylic acids is 1. The summed E-state index contributed by atoms with van der Waals surface area (Å²) in [5, 5.41) is 4.07. The van der Waals surface area contributed by atoms with E-state index in [0.29, 0.717) is 29.2 Å². The van der Waals surface area contributed by atoms with E-state index in [1.807, 2.05) is 0 Å². The van der Waals surface area contributed by atoms with Gasteiger partial charge in [0, 0.05) is 36.5 Å². The molecule has 0 saturated carbocycles. The van der Waals surface area contributed by atoms with Crippen molar-refractivity contribution in [2.24, 2.45) is 5.73 Å². The smallest absolute Gasteiger partial charge is 0.471 e. The number of rotatable bonds is 8. The molecule has 12 nitrogen and oxygen atoms in total. The number of nitrogens with two attached hydrogens (primary N) is 1. The lowest BCUT2D eigenvalue weighted by Gasteiger charge is -2.30. The van der Waals surface area contributed by atoms with Gasteiger partial charge in [0.15, 0.2) is 11.9 Å². The zero-order valence-corrected chi connectivity index (χ0v) is 19.2. The minimum absolute atomic E-state index is 0.153. The van der Waals surface area contributed by atoms with Crippen LogP contribution in [0.1, 0.15) is 30.9 Å². The van der Waals surface area contributed by atoms with Gasteiger partial charge in [-0.05, 0) is 25.5 Å². The van der Waals surface area contributed by atoms with Gasteiger partial charge in [0.05, 0.1) is 5.69 Å². The Morgan fingerprint density at radius 3 is 2.76 bits per heavy atom. The lowest BCUT2D eigenvalue weighted by atomic mass is 10.1. The number of ketones is 1. The summed E-state index contributed by atoms with van der Waals surface area (Å²) in [6.07, 6.45) is 5.65. The summed E-state index contributed by atoms with van der Waals surface area (Å²) >= 11 is 0. The SMILES string of the molecule is CC1=C(Oc2ccc(Cc3cc(C4=CC=CN(COP(=O)(O)O)C4N)on3)cn2)C(=O)C(C)O1. The van der Waals surface area contributed by atoms with Crippen molar-refractivity contribution in [3.05, 3.63) is 71.3 Å². The molecule has 2 atom stereocenters. The third kappa shape index (κ3) is 5.44. The van der Waals surface area contributed by atoms with E-state index in [9.17, 15) is 9.36 Å². The summed E-state index contributed by atoms with van der Waals surface area (Å²) in [7, 11) is -4.63. The maximum atomic E-state index is 12.1. The van der Waals surface area contributed by atoms with E-state index >= 15 is 0 Å². The first-order chi connectivity index (χ1) is 16.1. The molecule has 0 saturated heterocycles. The maximum Gasteiger partial charge on any atom is 0.471 e. The standard InChI is InChI=1S/C21H23N4O8P/c1-12-19(26)20(13(2)31-12)32-18-6-5-14(10-23-18)8-15-9-17(33-24-15)16-4-3-7-25(21(16)22)11-30-34(27,28)29/h3-7,9-10,12,21H,8,11,22H2,1-2H3,(H2,27,28,29). The molecule has 0 spiro atoms. The average molecular weight is 490 g/mol. The first kappa shape index (κ1) is 23.9. The molecule has 0 amide bonds. The van der Waals surface area contributed by atoms with Crippen LogP contribution in [-0.4, -0.2) is 49.6 Å². The highest BCUT2D eigenvalue weighted by Gasteiger charge is 2.32. The van der Waals surface area contributed by atoms with E-state index in [2.05, 4.69) is 14.7 Å². The van der Waals surface area contributed by atoms with Gasteiger partial charge in [0.2, 0.25) is 17.4 Å². The van der Waals surface area contributed by atoms with Crippen LogP contribution < -0.4 is 10.5 Å². The van der Waals surface area contributed by atoms with Crippen molar-refractivity contribution in [1.82, 2.24) is 15.0 Å². The largest absolute Gasteiger partial charge is 0.483 e. The summed E-state index contributed by atoms with van der Waals surface area (Å²) in [6, 6.07) is 5.17. The molecule has 13 heteroatoms. The van der Waals surface area contributed by atoms with Gasteiger partial charge in [0.1, 0.15) is 18.7 Å². The Kier molecular flexibility index (Phi) is 6.69. The highest BCUT2D eigenvalue weighted by atomic mass is 31.2. The number of hydrogen-bond acceptors (Lipinski definition) is 10. The Morgan fingerprint density at radius 2 is 2.12 bits per heavy atom. The molecular weight excluding hydrogens is 467 g/mol. The molecule has 2 aliphatic rings. The average Bonchev–Trinajstić information content (AvgIpc) is 3.33. The second-order valence-electron chi connectivity index (χ2n) is 7.65. The van der Waals surface area contributed by atoms with Gasteiger partial charge in [-0.25, -0.2) is 9.55 Å². The Hall–Kier alpha value is -3.28. The number of phosphoric ester groups is 1. The summed E-state index contributed by atoms with van der Waals surface area (Å²) in [5.41, 5.74) is 8.21. The molecule has 0 fully saturated rings. The van der Waals surface area contributed by atoms with Gasteiger partial charge < -0.3 is 34.4 Å². The fourth-order valence-electron chi connectivity index (χ4n) is 3.39. The molecule has 0 aromatic carbocycles. The van der Waals surface area contributed by atoms with Crippen LogP contribution in [0.4, 0.5) is 0 Å². The Labute approximate surface area is 194 Å².